The summed E-state index contributed by atoms with van der Waals surface area (Å²) in [6, 6.07) is 5.26. The molecule has 1 aliphatic rings. The molecule has 1 aromatic heterocycles. The smallest absolute Gasteiger partial charge is 0.127 e. The molecule has 0 spiro atoms. The lowest BCUT2D eigenvalue weighted by atomic mass is 10.1. The monoisotopic (exact) mass is 388 g/mol. The lowest BCUT2D eigenvalue weighted by Gasteiger charge is -2.35. The minimum Gasteiger partial charge on any atom is -0.337 e. The number of hydrogen-bond acceptors (Lipinski definition) is 3. The second kappa shape index (κ2) is 7.55. The molecule has 2 aromatic rings. The van der Waals surface area contributed by atoms with E-state index in [9.17, 15) is 4.39 Å². The van der Waals surface area contributed by atoms with Crippen LogP contribution in [0.3, 0.4) is 0 Å². The van der Waals surface area contributed by atoms with Gasteiger partial charge < -0.3 is 9.88 Å². The predicted molar refractivity (Wildman–Crippen MR) is 90.6 cm³/mol. The molecule has 22 heavy (non-hydrogen) atoms. The third-order valence-electron chi connectivity index (χ3n) is 3.82. The zero-order chi connectivity index (χ0) is 14.8. The van der Waals surface area contributed by atoms with Crippen molar-refractivity contribution in [2.45, 2.75) is 12.6 Å². The van der Waals surface area contributed by atoms with Crippen LogP contribution in [-0.4, -0.2) is 34.1 Å². The topological polar surface area (TPSA) is 33.1 Å². The van der Waals surface area contributed by atoms with Crippen molar-refractivity contribution in [1.29, 1.82) is 0 Å². The first-order valence-corrected chi connectivity index (χ1v) is 7.80. The summed E-state index contributed by atoms with van der Waals surface area (Å²) < 4.78 is 16.4. The molecule has 4 nitrogen and oxygen atoms in total. The van der Waals surface area contributed by atoms with Crippen molar-refractivity contribution in [2.24, 2.45) is 7.05 Å². The Kier molecular flexibility index (Phi) is 5.97. The van der Waals surface area contributed by atoms with Crippen LogP contribution in [-0.2, 0) is 13.6 Å². The Hall–Kier alpha value is -0.950. The number of imidazole rings is 1. The van der Waals surface area contributed by atoms with Gasteiger partial charge in [0.1, 0.15) is 11.6 Å². The molecule has 0 amide bonds. The van der Waals surface area contributed by atoms with Crippen LogP contribution in [0.25, 0.3) is 0 Å². The molecule has 1 unspecified atom stereocenters. The van der Waals surface area contributed by atoms with E-state index in [1.807, 2.05) is 30.1 Å². The van der Waals surface area contributed by atoms with Gasteiger partial charge in [-0.1, -0.05) is 15.9 Å². The third kappa shape index (κ3) is 3.87. The zero-order valence-corrected chi connectivity index (χ0v) is 14.7. The second-order valence-corrected chi connectivity index (χ2v) is 6.28. The van der Waals surface area contributed by atoms with Crippen molar-refractivity contribution in [3.05, 3.63) is 52.3 Å². The van der Waals surface area contributed by atoms with Crippen LogP contribution in [0, 0.1) is 5.82 Å². The average Bonchev–Trinajstić information content (AvgIpc) is 2.84. The summed E-state index contributed by atoms with van der Waals surface area (Å²) in [7, 11) is 2.01. The molecule has 2 heterocycles. The molecule has 1 aliphatic heterocycles. The number of aryl methyl sites for hydroxylation is 1. The number of hydrogen-bond donors (Lipinski definition) is 1. The lowest BCUT2D eigenvalue weighted by molar-refractivity contribution is 0.144. The normalized spacial score (nSPS) is 19.0. The first-order valence-electron chi connectivity index (χ1n) is 7.00. The van der Waals surface area contributed by atoms with Crippen molar-refractivity contribution in [3.63, 3.8) is 0 Å². The van der Waals surface area contributed by atoms with Gasteiger partial charge in [0.15, 0.2) is 0 Å². The lowest BCUT2D eigenvalue weighted by Crippen LogP contribution is -2.46. The van der Waals surface area contributed by atoms with E-state index in [1.165, 1.54) is 6.07 Å². The summed E-state index contributed by atoms with van der Waals surface area (Å²) in [5.74, 6) is 0.834. The van der Waals surface area contributed by atoms with Crippen LogP contribution in [0.5, 0.6) is 0 Å². The summed E-state index contributed by atoms with van der Waals surface area (Å²) >= 11 is 3.36. The number of halogens is 3. The van der Waals surface area contributed by atoms with Gasteiger partial charge in [-0.3, -0.25) is 4.90 Å². The molecule has 0 radical (unpaired) electrons. The minimum absolute atomic E-state index is 0. The number of nitrogens with one attached hydrogen (secondary N) is 1. The van der Waals surface area contributed by atoms with Crippen molar-refractivity contribution in [1.82, 2.24) is 19.8 Å². The number of aromatic nitrogens is 2. The van der Waals surface area contributed by atoms with E-state index in [-0.39, 0.29) is 24.3 Å². The van der Waals surface area contributed by atoms with Crippen LogP contribution in [0.4, 0.5) is 4.39 Å². The number of nitrogens with zero attached hydrogens (tertiary/aromatic N) is 3. The molecular formula is C15H19BrClFN4. The molecule has 1 atom stereocenters. The quantitative estimate of drug-likeness (QED) is 0.876. The first-order chi connectivity index (χ1) is 10.1. The van der Waals surface area contributed by atoms with E-state index >= 15 is 0 Å². The van der Waals surface area contributed by atoms with Gasteiger partial charge in [0.25, 0.3) is 0 Å². The van der Waals surface area contributed by atoms with Gasteiger partial charge in [-0.15, -0.1) is 12.4 Å². The third-order valence-corrected chi connectivity index (χ3v) is 4.28. The molecule has 1 fully saturated rings. The SMILES string of the molecule is Cl.Cn1ccnc1C1CNCCN1Cc1cc(F)cc(Br)c1. The van der Waals surface area contributed by atoms with Gasteiger partial charge in [0.2, 0.25) is 0 Å². The summed E-state index contributed by atoms with van der Waals surface area (Å²) in [5, 5.41) is 3.41. The fourth-order valence-electron chi connectivity index (χ4n) is 2.83. The highest BCUT2D eigenvalue weighted by atomic mass is 79.9. The summed E-state index contributed by atoms with van der Waals surface area (Å²) in [6.45, 7) is 3.44. The Balaban J connectivity index is 0.00000176. The molecule has 7 heteroatoms. The van der Waals surface area contributed by atoms with Crippen LogP contribution in [0.2, 0.25) is 0 Å². The fourth-order valence-corrected chi connectivity index (χ4v) is 3.34. The van der Waals surface area contributed by atoms with Crippen molar-refractivity contribution >= 4 is 28.3 Å². The second-order valence-electron chi connectivity index (χ2n) is 5.36. The van der Waals surface area contributed by atoms with E-state index in [0.717, 1.165) is 42.0 Å². The Labute approximate surface area is 144 Å². The van der Waals surface area contributed by atoms with Gasteiger partial charge in [-0.2, -0.15) is 0 Å². The highest BCUT2D eigenvalue weighted by Gasteiger charge is 2.26. The van der Waals surface area contributed by atoms with E-state index in [1.54, 1.807) is 6.07 Å². The van der Waals surface area contributed by atoms with Gasteiger partial charge in [-0.25, -0.2) is 9.37 Å². The summed E-state index contributed by atoms with van der Waals surface area (Å²) in [6.07, 6.45) is 3.78. The fraction of sp³-hybridized carbons (Fsp3) is 0.400. The first kappa shape index (κ1) is 17.4. The predicted octanol–water partition coefficient (Wildman–Crippen LogP) is 2.89. The molecule has 1 aromatic carbocycles. The molecule has 0 saturated carbocycles. The van der Waals surface area contributed by atoms with E-state index in [2.05, 4.69) is 31.1 Å². The zero-order valence-electron chi connectivity index (χ0n) is 12.3. The Bertz CT molecular complexity index is 614. The highest BCUT2D eigenvalue weighted by molar-refractivity contribution is 9.10. The Morgan fingerprint density at radius 1 is 1.41 bits per heavy atom. The maximum Gasteiger partial charge on any atom is 0.127 e. The summed E-state index contributed by atoms with van der Waals surface area (Å²) in [4.78, 5) is 6.81. The number of piperazine rings is 1. The molecule has 0 bridgehead atoms. The van der Waals surface area contributed by atoms with Crippen LogP contribution in [0.1, 0.15) is 17.4 Å². The van der Waals surface area contributed by atoms with E-state index in [4.69, 9.17) is 0 Å². The van der Waals surface area contributed by atoms with E-state index in [0.29, 0.717) is 0 Å². The molecule has 1 saturated heterocycles. The standard InChI is InChI=1S/C15H18BrFN4.ClH/c1-20-4-3-19-15(20)14-9-18-2-5-21(14)10-11-6-12(16)8-13(17)7-11;/h3-4,6-8,14,18H,2,5,9-10H2,1H3;1H. The Morgan fingerprint density at radius 3 is 2.91 bits per heavy atom. The van der Waals surface area contributed by atoms with Crippen LogP contribution < -0.4 is 5.32 Å². The van der Waals surface area contributed by atoms with Gasteiger partial charge in [0.05, 0.1) is 6.04 Å². The van der Waals surface area contributed by atoms with Gasteiger partial charge >= 0.3 is 0 Å². The van der Waals surface area contributed by atoms with Crippen molar-refractivity contribution in [3.8, 4) is 0 Å². The maximum absolute atomic E-state index is 13.5. The molecule has 120 valence electrons. The molecule has 3 rings (SSSR count). The largest absolute Gasteiger partial charge is 0.337 e. The van der Waals surface area contributed by atoms with Crippen molar-refractivity contribution < 1.29 is 4.39 Å². The molecular weight excluding hydrogens is 371 g/mol. The average molecular weight is 390 g/mol. The molecule has 1 N–H and O–H groups in total. The minimum atomic E-state index is -0.206. The number of benzene rings is 1. The van der Waals surface area contributed by atoms with Crippen LogP contribution >= 0.6 is 28.3 Å². The van der Waals surface area contributed by atoms with Crippen LogP contribution in [0.15, 0.2) is 35.1 Å². The number of rotatable bonds is 3. The maximum atomic E-state index is 13.5. The Morgan fingerprint density at radius 2 is 2.23 bits per heavy atom. The molecule has 0 aliphatic carbocycles. The van der Waals surface area contributed by atoms with Gasteiger partial charge in [-0.05, 0) is 23.8 Å². The summed E-state index contributed by atoms with van der Waals surface area (Å²) in [5.41, 5.74) is 0.975. The van der Waals surface area contributed by atoms with Crippen molar-refractivity contribution in [2.75, 3.05) is 19.6 Å². The van der Waals surface area contributed by atoms with Gasteiger partial charge in [0, 0.05) is 50.1 Å². The van der Waals surface area contributed by atoms with E-state index < -0.39 is 0 Å². The highest BCUT2D eigenvalue weighted by Crippen LogP contribution is 2.24.